The molecule has 6 nitrogen and oxygen atoms in total. The molecule has 8 heteroatoms. The van der Waals surface area contributed by atoms with Crippen molar-refractivity contribution in [2.24, 2.45) is 0 Å². The third-order valence-corrected chi connectivity index (χ3v) is 6.23. The standard InChI is InChI=1S/C11H20N4O2S2/c1-14-3-4-15(2)10(7-14)6-13-19(16,17)11-5-9(12)8-18-11/h5,8,10,13H,3-4,6-7,12H2,1-2H3. The van der Waals surface area contributed by atoms with Gasteiger partial charge in [-0.3, -0.25) is 4.90 Å². The molecular weight excluding hydrogens is 284 g/mol. The number of rotatable bonds is 4. The van der Waals surface area contributed by atoms with Crippen molar-refractivity contribution in [1.29, 1.82) is 0 Å². The zero-order chi connectivity index (χ0) is 14.0. The monoisotopic (exact) mass is 304 g/mol. The third-order valence-electron chi connectivity index (χ3n) is 3.35. The highest BCUT2D eigenvalue weighted by Crippen LogP contribution is 2.21. The highest BCUT2D eigenvalue weighted by molar-refractivity contribution is 7.91. The molecule has 0 spiro atoms. The molecule has 1 aliphatic heterocycles. The Kier molecular flexibility index (Phi) is 4.46. The molecule has 0 aliphatic carbocycles. The van der Waals surface area contributed by atoms with Gasteiger partial charge in [0.25, 0.3) is 0 Å². The van der Waals surface area contributed by atoms with Gasteiger partial charge in [-0.05, 0) is 20.2 Å². The molecule has 0 amide bonds. The van der Waals surface area contributed by atoms with Crippen LogP contribution in [-0.4, -0.2) is 64.5 Å². The summed E-state index contributed by atoms with van der Waals surface area (Å²) in [5, 5.41) is 1.63. The number of piperazine rings is 1. The van der Waals surface area contributed by atoms with E-state index in [1.807, 2.05) is 7.05 Å². The molecule has 1 aromatic heterocycles. The van der Waals surface area contributed by atoms with E-state index >= 15 is 0 Å². The summed E-state index contributed by atoms with van der Waals surface area (Å²) in [5.74, 6) is 0. The molecule has 1 unspecified atom stereocenters. The molecule has 1 aliphatic rings. The topological polar surface area (TPSA) is 78.7 Å². The Balaban J connectivity index is 1.98. The van der Waals surface area contributed by atoms with Crippen molar-refractivity contribution < 1.29 is 8.42 Å². The fraction of sp³-hybridized carbons (Fsp3) is 0.636. The zero-order valence-electron chi connectivity index (χ0n) is 11.2. The average molecular weight is 304 g/mol. The number of nitrogens with one attached hydrogen (secondary N) is 1. The fourth-order valence-electron chi connectivity index (χ4n) is 2.07. The van der Waals surface area contributed by atoms with Gasteiger partial charge in [0.15, 0.2) is 0 Å². The lowest BCUT2D eigenvalue weighted by Gasteiger charge is -2.37. The van der Waals surface area contributed by atoms with E-state index in [0.717, 1.165) is 31.0 Å². The van der Waals surface area contributed by atoms with Crippen LogP contribution in [-0.2, 0) is 10.0 Å². The van der Waals surface area contributed by atoms with Gasteiger partial charge in [0.2, 0.25) is 10.0 Å². The Morgan fingerprint density at radius 2 is 2.21 bits per heavy atom. The number of sulfonamides is 1. The van der Waals surface area contributed by atoms with Gasteiger partial charge in [0.1, 0.15) is 4.21 Å². The van der Waals surface area contributed by atoms with Crippen LogP contribution in [0, 0.1) is 0 Å². The Hall–Kier alpha value is -0.670. The van der Waals surface area contributed by atoms with Crippen molar-refractivity contribution in [2.75, 3.05) is 46.0 Å². The molecule has 3 N–H and O–H groups in total. The van der Waals surface area contributed by atoms with Crippen molar-refractivity contribution in [1.82, 2.24) is 14.5 Å². The lowest BCUT2D eigenvalue weighted by atomic mass is 10.2. The maximum absolute atomic E-state index is 12.1. The van der Waals surface area contributed by atoms with Gasteiger partial charge in [0, 0.05) is 43.3 Å². The summed E-state index contributed by atoms with van der Waals surface area (Å²) in [4.78, 5) is 4.40. The third kappa shape index (κ3) is 3.67. The van der Waals surface area contributed by atoms with Gasteiger partial charge in [-0.25, -0.2) is 13.1 Å². The minimum atomic E-state index is -3.44. The van der Waals surface area contributed by atoms with E-state index in [-0.39, 0.29) is 10.3 Å². The lowest BCUT2D eigenvalue weighted by molar-refractivity contribution is 0.117. The number of thiophene rings is 1. The number of hydrogen-bond donors (Lipinski definition) is 2. The fourth-order valence-corrected chi connectivity index (χ4v) is 4.27. The molecule has 1 fully saturated rings. The highest BCUT2D eigenvalue weighted by Gasteiger charge is 2.24. The van der Waals surface area contributed by atoms with Crippen molar-refractivity contribution in [3.63, 3.8) is 0 Å². The summed E-state index contributed by atoms with van der Waals surface area (Å²) in [6.45, 7) is 3.25. The summed E-state index contributed by atoms with van der Waals surface area (Å²) in [6, 6.07) is 1.69. The van der Waals surface area contributed by atoms with Crippen molar-refractivity contribution in [2.45, 2.75) is 10.3 Å². The number of nitrogen functional groups attached to an aromatic ring is 1. The number of nitrogens with zero attached hydrogens (tertiary/aromatic N) is 2. The van der Waals surface area contributed by atoms with Crippen LogP contribution in [0.1, 0.15) is 0 Å². The second-order valence-electron chi connectivity index (χ2n) is 4.95. The molecule has 19 heavy (non-hydrogen) atoms. The van der Waals surface area contributed by atoms with Crippen LogP contribution in [0.15, 0.2) is 15.7 Å². The van der Waals surface area contributed by atoms with E-state index in [4.69, 9.17) is 5.73 Å². The summed E-state index contributed by atoms with van der Waals surface area (Å²) in [5.41, 5.74) is 6.04. The molecule has 1 saturated heterocycles. The Labute approximate surface area is 118 Å². The Morgan fingerprint density at radius 3 is 2.84 bits per heavy atom. The van der Waals surface area contributed by atoms with Gasteiger partial charge in [0.05, 0.1) is 0 Å². The normalized spacial score (nSPS) is 22.7. The van der Waals surface area contributed by atoms with Crippen molar-refractivity contribution in [3.8, 4) is 0 Å². The van der Waals surface area contributed by atoms with Gasteiger partial charge in [-0.2, -0.15) is 0 Å². The molecule has 0 radical (unpaired) electrons. The minimum absolute atomic E-state index is 0.200. The molecule has 0 bridgehead atoms. The van der Waals surface area contributed by atoms with Crippen LogP contribution in [0.5, 0.6) is 0 Å². The van der Waals surface area contributed by atoms with Crippen LogP contribution < -0.4 is 10.5 Å². The second-order valence-corrected chi connectivity index (χ2v) is 7.85. The largest absolute Gasteiger partial charge is 0.398 e. The van der Waals surface area contributed by atoms with Gasteiger partial charge in [-0.1, -0.05) is 0 Å². The molecule has 2 heterocycles. The molecule has 1 atom stereocenters. The Bertz CT molecular complexity index is 529. The van der Waals surface area contributed by atoms with E-state index in [1.54, 1.807) is 5.38 Å². The predicted octanol–water partition coefficient (Wildman–Crippen LogP) is -0.146. The van der Waals surface area contributed by atoms with Crippen LogP contribution in [0.25, 0.3) is 0 Å². The number of nitrogens with two attached hydrogens (primary N) is 1. The van der Waals surface area contributed by atoms with Crippen LogP contribution in [0.2, 0.25) is 0 Å². The average Bonchev–Trinajstić information content (AvgIpc) is 2.78. The first kappa shape index (κ1) is 14.7. The molecule has 0 saturated carbocycles. The molecule has 1 aromatic rings. The first-order valence-corrected chi connectivity index (χ1v) is 8.47. The van der Waals surface area contributed by atoms with Gasteiger partial charge >= 0.3 is 0 Å². The van der Waals surface area contributed by atoms with Crippen molar-refractivity contribution >= 4 is 27.0 Å². The smallest absolute Gasteiger partial charge is 0.250 e. The summed E-state index contributed by atoms with van der Waals surface area (Å²) in [6.07, 6.45) is 0. The summed E-state index contributed by atoms with van der Waals surface area (Å²) in [7, 11) is 0.637. The first-order valence-electron chi connectivity index (χ1n) is 6.11. The summed E-state index contributed by atoms with van der Waals surface area (Å²) >= 11 is 1.14. The number of hydrogen-bond acceptors (Lipinski definition) is 6. The number of anilines is 1. The maximum atomic E-state index is 12.1. The Morgan fingerprint density at radius 1 is 1.47 bits per heavy atom. The van der Waals surface area contributed by atoms with Gasteiger partial charge in [-0.15, -0.1) is 11.3 Å². The van der Waals surface area contributed by atoms with Crippen LogP contribution in [0.3, 0.4) is 0 Å². The highest BCUT2D eigenvalue weighted by atomic mass is 32.2. The lowest BCUT2D eigenvalue weighted by Crippen LogP contribution is -2.54. The minimum Gasteiger partial charge on any atom is -0.398 e. The predicted molar refractivity (Wildman–Crippen MR) is 77.8 cm³/mol. The molecule has 2 rings (SSSR count). The van der Waals surface area contributed by atoms with Crippen LogP contribution >= 0.6 is 11.3 Å². The van der Waals surface area contributed by atoms with Crippen molar-refractivity contribution in [3.05, 3.63) is 11.4 Å². The molecule has 0 aromatic carbocycles. The van der Waals surface area contributed by atoms with E-state index in [0.29, 0.717) is 12.2 Å². The number of likely N-dealkylation sites (N-methyl/N-ethyl adjacent to an activating group) is 2. The molecule has 108 valence electrons. The van der Waals surface area contributed by atoms with Gasteiger partial charge < -0.3 is 10.6 Å². The SMILES string of the molecule is CN1CCN(C)C(CNS(=O)(=O)c2cc(N)cs2)C1. The van der Waals surface area contributed by atoms with E-state index in [2.05, 4.69) is 21.6 Å². The quantitative estimate of drug-likeness (QED) is 0.809. The van der Waals surface area contributed by atoms with E-state index in [9.17, 15) is 8.42 Å². The summed E-state index contributed by atoms with van der Waals surface area (Å²) < 4.78 is 27.1. The second kappa shape index (κ2) is 5.76. The maximum Gasteiger partial charge on any atom is 0.250 e. The van der Waals surface area contributed by atoms with Crippen LogP contribution in [0.4, 0.5) is 5.69 Å². The zero-order valence-corrected chi connectivity index (χ0v) is 12.8. The van der Waals surface area contributed by atoms with E-state index < -0.39 is 10.0 Å². The first-order chi connectivity index (χ1) is 8.88. The molecular formula is C11H20N4O2S2. The van der Waals surface area contributed by atoms with E-state index in [1.165, 1.54) is 6.07 Å².